The Morgan fingerprint density at radius 1 is 0.769 bits per heavy atom. The van der Waals surface area contributed by atoms with Crippen LogP contribution in [0.1, 0.15) is 55.9 Å². The highest BCUT2D eigenvalue weighted by molar-refractivity contribution is 5.68. The lowest BCUT2D eigenvalue weighted by Crippen LogP contribution is -2.00. The van der Waals surface area contributed by atoms with Crippen LogP contribution in [0, 0.1) is 0 Å². The number of aromatic hydroxyl groups is 2. The maximum Gasteiger partial charge on any atom is 0.130 e. The Balaban J connectivity index is 0.000000317. The van der Waals surface area contributed by atoms with Gasteiger partial charge < -0.3 is 24.8 Å². The minimum Gasteiger partial charge on any atom is -0.508 e. The molecule has 0 saturated heterocycles. The third-order valence-electron chi connectivity index (χ3n) is 5.53. The number of aliphatic hydroxyl groups is 1. The van der Waals surface area contributed by atoms with Crippen LogP contribution in [-0.4, -0.2) is 21.9 Å². The van der Waals surface area contributed by atoms with Gasteiger partial charge in [0.15, 0.2) is 0 Å². The van der Waals surface area contributed by atoms with E-state index in [1.165, 1.54) is 6.07 Å². The molecule has 0 fully saturated rings. The Hall–Kier alpha value is -4.22. The van der Waals surface area contributed by atoms with Crippen LogP contribution in [-0.2, 0) is 13.2 Å². The standard InChI is InChI=1S/C23H22O2.C9H12O2.C2H6O/c1-18(2)22-14-13-21(24-16-19-9-5-3-6-10-19)15-23(22)25-17-20-11-7-4-8-12-20;1-6(2)8-4-3-7(10)5-9(8)11;1-2-3/h3-15H,1,16-17H2,2H3;3-6,10-11H,1-2H3;3H,2H2,1H3. The summed E-state index contributed by atoms with van der Waals surface area (Å²) < 4.78 is 11.9. The first-order valence-corrected chi connectivity index (χ1v) is 13.0. The summed E-state index contributed by atoms with van der Waals surface area (Å²) in [5, 5.41) is 25.8. The van der Waals surface area contributed by atoms with Crippen molar-refractivity contribution in [3.63, 3.8) is 0 Å². The number of aliphatic hydroxyl groups excluding tert-OH is 1. The van der Waals surface area contributed by atoms with E-state index in [1.54, 1.807) is 19.1 Å². The fourth-order valence-electron chi connectivity index (χ4n) is 3.56. The number of ether oxygens (including phenoxy) is 2. The normalized spacial score (nSPS) is 10.0. The lowest BCUT2D eigenvalue weighted by atomic mass is 10.0. The van der Waals surface area contributed by atoms with Gasteiger partial charge in [-0.05, 0) is 60.2 Å². The second-order valence-electron chi connectivity index (χ2n) is 9.20. The molecule has 0 amide bonds. The molecule has 0 heterocycles. The zero-order valence-corrected chi connectivity index (χ0v) is 23.3. The summed E-state index contributed by atoms with van der Waals surface area (Å²) in [6.45, 7) is 13.0. The van der Waals surface area contributed by atoms with Gasteiger partial charge >= 0.3 is 0 Å². The van der Waals surface area contributed by atoms with E-state index in [9.17, 15) is 5.11 Å². The molecule has 206 valence electrons. The number of phenols is 2. The molecule has 0 aliphatic heterocycles. The van der Waals surface area contributed by atoms with Crippen LogP contribution < -0.4 is 9.47 Å². The molecule has 39 heavy (non-hydrogen) atoms. The largest absolute Gasteiger partial charge is 0.508 e. The van der Waals surface area contributed by atoms with Crippen molar-refractivity contribution in [3.8, 4) is 23.0 Å². The zero-order valence-electron chi connectivity index (χ0n) is 23.3. The average molecular weight is 529 g/mol. The molecule has 0 atom stereocenters. The summed E-state index contributed by atoms with van der Waals surface area (Å²) in [5.74, 6) is 2.14. The third kappa shape index (κ3) is 11.0. The van der Waals surface area contributed by atoms with Crippen LogP contribution in [0.3, 0.4) is 0 Å². The van der Waals surface area contributed by atoms with Crippen molar-refractivity contribution >= 4 is 5.57 Å². The second kappa shape index (κ2) is 16.6. The number of allylic oxidation sites excluding steroid dienone is 1. The zero-order chi connectivity index (χ0) is 28.6. The van der Waals surface area contributed by atoms with E-state index in [-0.39, 0.29) is 24.0 Å². The highest BCUT2D eigenvalue weighted by Crippen LogP contribution is 2.31. The fourth-order valence-corrected chi connectivity index (χ4v) is 3.56. The molecule has 5 heteroatoms. The predicted octanol–water partition coefficient (Wildman–Crippen LogP) is 8.10. The van der Waals surface area contributed by atoms with Crippen molar-refractivity contribution in [2.75, 3.05) is 6.61 Å². The van der Waals surface area contributed by atoms with Crippen molar-refractivity contribution in [1.29, 1.82) is 0 Å². The van der Waals surface area contributed by atoms with Gasteiger partial charge in [0.2, 0.25) is 0 Å². The molecular weight excluding hydrogens is 488 g/mol. The summed E-state index contributed by atoms with van der Waals surface area (Å²) in [5.41, 5.74) is 5.10. The van der Waals surface area contributed by atoms with Gasteiger partial charge in [0.25, 0.3) is 0 Å². The predicted molar refractivity (Wildman–Crippen MR) is 159 cm³/mol. The Kier molecular flexibility index (Phi) is 13.2. The van der Waals surface area contributed by atoms with Crippen molar-refractivity contribution in [1.82, 2.24) is 0 Å². The summed E-state index contributed by atoms with van der Waals surface area (Å²) in [6.07, 6.45) is 0. The molecule has 0 saturated carbocycles. The van der Waals surface area contributed by atoms with Gasteiger partial charge in [-0.25, -0.2) is 0 Å². The van der Waals surface area contributed by atoms with Crippen LogP contribution in [0.25, 0.3) is 5.57 Å². The van der Waals surface area contributed by atoms with Crippen molar-refractivity contribution in [3.05, 3.63) is 126 Å². The monoisotopic (exact) mass is 528 g/mol. The van der Waals surface area contributed by atoms with Gasteiger partial charge in [-0.1, -0.05) is 87.2 Å². The lowest BCUT2D eigenvalue weighted by molar-refractivity contribution is 0.289. The molecule has 0 aromatic heterocycles. The molecule has 0 unspecified atom stereocenters. The van der Waals surface area contributed by atoms with Crippen molar-refractivity contribution < 1.29 is 24.8 Å². The van der Waals surface area contributed by atoms with Crippen molar-refractivity contribution in [2.45, 2.75) is 46.8 Å². The molecule has 0 spiro atoms. The highest BCUT2D eigenvalue weighted by Gasteiger charge is 2.08. The second-order valence-corrected chi connectivity index (χ2v) is 9.20. The first-order chi connectivity index (χ1) is 18.7. The number of phenolic OH excluding ortho intramolecular Hbond substituents is 2. The molecular formula is C34H40O5. The summed E-state index contributed by atoms with van der Waals surface area (Å²) in [4.78, 5) is 0. The topological polar surface area (TPSA) is 79.2 Å². The van der Waals surface area contributed by atoms with Crippen LogP contribution in [0.5, 0.6) is 23.0 Å². The van der Waals surface area contributed by atoms with E-state index in [4.69, 9.17) is 19.7 Å². The van der Waals surface area contributed by atoms with Gasteiger partial charge in [-0.2, -0.15) is 0 Å². The van der Waals surface area contributed by atoms with Crippen LogP contribution in [0.2, 0.25) is 0 Å². The first-order valence-electron chi connectivity index (χ1n) is 13.0. The van der Waals surface area contributed by atoms with E-state index >= 15 is 0 Å². The van der Waals surface area contributed by atoms with Crippen LogP contribution in [0.15, 0.2) is 104 Å². The Labute approximate surface area is 232 Å². The van der Waals surface area contributed by atoms with Crippen LogP contribution in [0.4, 0.5) is 0 Å². The highest BCUT2D eigenvalue weighted by atomic mass is 16.5. The summed E-state index contributed by atoms with van der Waals surface area (Å²) in [6, 6.07) is 30.8. The Bertz CT molecular complexity index is 1270. The molecule has 4 rings (SSSR count). The van der Waals surface area contributed by atoms with E-state index in [0.717, 1.165) is 39.3 Å². The number of hydrogen-bond donors (Lipinski definition) is 3. The molecule has 0 radical (unpaired) electrons. The van der Waals surface area contributed by atoms with Gasteiger partial charge in [0.1, 0.15) is 36.2 Å². The van der Waals surface area contributed by atoms with Gasteiger partial charge in [-0.15, -0.1) is 0 Å². The maximum absolute atomic E-state index is 9.30. The first kappa shape index (κ1) is 31.0. The molecule has 0 aliphatic rings. The Morgan fingerprint density at radius 2 is 1.31 bits per heavy atom. The quantitative estimate of drug-likeness (QED) is 0.215. The van der Waals surface area contributed by atoms with E-state index < -0.39 is 0 Å². The number of benzene rings is 4. The van der Waals surface area contributed by atoms with Crippen molar-refractivity contribution in [2.24, 2.45) is 0 Å². The summed E-state index contributed by atoms with van der Waals surface area (Å²) in [7, 11) is 0. The van der Waals surface area contributed by atoms with E-state index in [0.29, 0.717) is 13.2 Å². The SMILES string of the molecule is C=C(C)c1ccc(OCc2ccccc2)cc1OCc1ccccc1.CC(C)c1ccc(O)cc1O.CCO. The Morgan fingerprint density at radius 3 is 1.79 bits per heavy atom. The molecule has 0 aliphatic carbocycles. The van der Waals surface area contributed by atoms with Gasteiger partial charge in [0, 0.05) is 24.3 Å². The maximum atomic E-state index is 9.30. The minimum absolute atomic E-state index is 0.104. The smallest absolute Gasteiger partial charge is 0.130 e. The molecule has 4 aromatic carbocycles. The fraction of sp³-hybridized carbons (Fsp3) is 0.235. The lowest BCUT2D eigenvalue weighted by Gasteiger charge is -2.14. The van der Waals surface area contributed by atoms with E-state index in [1.807, 2.05) is 75.4 Å². The minimum atomic E-state index is 0.104. The summed E-state index contributed by atoms with van der Waals surface area (Å²) >= 11 is 0. The van der Waals surface area contributed by atoms with Crippen LogP contribution >= 0.6 is 0 Å². The molecule has 3 N–H and O–H groups in total. The number of rotatable bonds is 8. The molecule has 4 aromatic rings. The number of hydrogen-bond acceptors (Lipinski definition) is 5. The average Bonchev–Trinajstić information content (AvgIpc) is 2.92. The molecule has 0 bridgehead atoms. The van der Waals surface area contributed by atoms with Gasteiger partial charge in [0.05, 0.1) is 0 Å². The molecule has 5 nitrogen and oxygen atoms in total. The van der Waals surface area contributed by atoms with Gasteiger partial charge in [-0.3, -0.25) is 0 Å². The van der Waals surface area contributed by atoms with E-state index in [2.05, 4.69) is 30.8 Å². The third-order valence-corrected chi connectivity index (χ3v) is 5.53.